The Labute approximate surface area is 203 Å². The van der Waals surface area contributed by atoms with Gasteiger partial charge in [-0.25, -0.2) is 4.79 Å². The van der Waals surface area contributed by atoms with Crippen molar-refractivity contribution in [3.05, 3.63) is 95.6 Å². The van der Waals surface area contributed by atoms with Crippen LogP contribution in [0.5, 0.6) is 0 Å². The second-order valence-electron chi connectivity index (χ2n) is 9.33. The molecule has 0 bridgehead atoms. The molecule has 3 amide bonds. The lowest BCUT2D eigenvalue weighted by Gasteiger charge is -2.33. The molecule has 1 unspecified atom stereocenters. The minimum atomic E-state index is -1.09. The highest BCUT2D eigenvalue weighted by atomic mass is 16.2. The summed E-state index contributed by atoms with van der Waals surface area (Å²) in [5.74, 6) is -0.602. The van der Waals surface area contributed by atoms with Crippen molar-refractivity contribution in [2.24, 2.45) is 7.05 Å². The molecule has 1 aliphatic heterocycles. The maximum Gasteiger partial charge on any atom is 0.325 e. The zero-order valence-electron chi connectivity index (χ0n) is 19.5. The number of carbonyl (C=O) groups excluding carboxylic acids is 3. The number of hydrogen-bond acceptors (Lipinski definition) is 3. The lowest BCUT2D eigenvalue weighted by molar-refractivity contribution is -0.131. The zero-order valence-corrected chi connectivity index (χ0v) is 19.5. The molecule has 6 nitrogen and oxygen atoms in total. The van der Waals surface area contributed by atoms with Crippen LogP contribution in [0.4, 0.5) is 4.79 Å². The number of ketones is 1. The van der Waals surface area contributed by atoms with E-state index >= 15 is 0 Å². The SMILES string of the molecule is Cn1c(-c2ccccc2)c(C(=O)CN2C(=O)NC3(CCCc4ccccc43)C2=O)c2ccccc21. The van der Waals surface area contributed by atoms with Crippen molar-refractivity contribution in [3.63, 3.8) is 0 Å². The molecule has 35 heavy (non-hydrogen) atoms. The van der Waals surface area contributed by atoms with Gasteiger partial charge in [0.25, 0.3) is 5.91 Å². The Bertz CT molecular complexity index is 1500. The molecule has 6 heteroatoms. The van der Waals surface area contributed by atoms with E-state index in [1.54, 1.807) is 0 Å². The Morgan fingerprint density at radius 3 is 2.49 bits per heavy atom. The minimum Gasteiger partial charge on any atom is -0.343 e. The predicted molar refractivity (Wildman–Crippen MR) is 134 cm³/mol. The number of imide groups is 1. The fourth-order valence-electron chi connectivity index (χ4n) is 5.79. The topological polar surface area (TPSA) is 71.4 Å². The van der Waals surface area contributed by atoms with Crippen molar-refractivity contribution >= 4 is 28.6 Å². The van der Waals surface area contributed by atoms with Crippen LogP contribution in [0.15, 0.2) is 78.9 Å². The van der Waals surface area contributed by atoms with Gasteiger partial charge in [-0.2, -0.15) is 0 Å². The summed E-state index contributed by atoms with van der Waals surface area (Å²) >= 11 is 0. The summed E-state index contributed by atoms with van der Waals surface area (Å²) in [6.07, 6.45) is 2.20. The van der Waals surface area contributed by atoms with Crippen molar-refractivity contribution in [3.8, 4) is 11.3 Å². The van der Waals surface area contributed by atoms with E-state index in [0.29, 0.717) is 12.0 Å². The number of Topliss-reactive ketones (excluding diaryl/α,β-unsaturated/α-hetero) is 1. The first kappa shape index (κ1) is 21.4. The maximum absolute atomic E-state index is 13.8. The Kier molecular flexibility index (Phi) is 4.85. The quantitative estimate of drug-likeness (QED) is 0.349. The second kappa shape index (κ2) is 7.94. The average Bonchev–Trinajstić information content (AvgIpc) is 3.31. The lowest BCUT2D eigenvalue weighted by atomic mass is 9.76. The summed E-state index contributed by atoms with van der Waals surface area (Å²) in [5.41, 5.74) is 3.96. The van der Waals surface area contributed by atoms with E-state index in [-0.39, 0.29) is 18.2 Å². The van der Waals surface area contributed by atoms with Gasteiger partial charge in [-0.15, -0.1) is 0 Å². The van der Waals surface area contributed by atoms with Gasteiger partial charge in [0, 0.05) is 18.0 Å². The number of hydrogen-bond donors (Lipinski definition) is 1. The third-order valence-corrected chi connectivity index (χ3v) is 7.39. The number of fused-ring (bicyclic) bond motifs is 3. The van der Waals surface area contributed by atoms with Gasteiger partial charge in [0.1, 0.15) is 5.54 Å². The van der Waals surface area contributed by atoms with Crippen LogP contribution in [0.2, 0.25) is 0 Å². The second-order valence-corrected chi connectivity index (χ2v) is 9.33. The molecule has 1 fully saturated rings. The highest BCUT2D eigenvalue weighted by molar-refractivity contribution is 6.17. The summed E-state index contributed by atoms with van der Waals surface area (Å²) in [5, 5.41) is 3.76. The fraction of sp³-hybridized carbons (Fsp3) is 0.207. The molecule has 4 aromatic rings. The fourth-order valence-corrected chi connectivity index (χ4v) is 5.79. The van der Waals surface area contributed by atoms with Crippen LogP contribution in [0.3, 0.4) is 0 Å². The Morgan fingerprint density at radius 1 is 0.943 bits per heavy atom. The highest BCUT2D eigenvalue weighted by Crippen LogP contribution is 2.40. The summed E-state index contributed by atoms with van der Waals surface area (Å²) in [7, 11) is 1.93. The molecule has 1 atom stereocenters. The number of nitrogens with one attached hydrogen (secondary N) is 1. The number of benzene rings is 3. The van der Waals surface area contributed by atoms with Crippen LogP contribution in [-0.2, 0) is 23.8 Å². The van der Waals surface area contributed by atoms with Crippen LogP contribution in [0.1, 0.15) is 34.3 Å². The number of rotatable bonds is 4. The first-order valence-electron chi connectivity index (χ1n) is 11.9. The Hall–Kier alpha value is -4.19. The number of urea groups is 1. The summed E-state index contributed by atoms with van der Waals surface area (Å²) in [6, 6.07) is 24.7. The summed E-state index contributed by atoms with van der Waals surface area (Å²) < 4.78 is 2.00. The van der Waals surface area contributed by atoms with Crippen LogP contribution in [0, 0.1) is 0 Å². The van der Waals surface area contributed by atoms with Gasteiger partial charge in [0.2, 0.25) is 0 Å². The number of nitrogens with zero attached hydrogens (tertiary/aromatic N) is 2. The molecule has 174 valence electrons. The molecule has 0 radical (unpaired) electrons. The van der Waals surface area contributed by atoms with Gasteiger partial charge in [-0.3, -0.25) is 14.5 Å². The predicted octanol–water partition coefficient (Wildman–Crippen LogP) is 4.81. The minimum absolute atomic E-state index is 0.259. The van der Waals surface area contributed by atoms with Crippen LogP contribution in [0.25, 0.3) is 22.2 Å². The largest absolute Gasteiger partial charge is 0.343 e. The first-order chi connectivity index (χ1) is 17.0. The molecule has 6 rings (SSSR count). The highest BCUT2D eigenvalue weighted by Gasteiger charge is 2.54. The molecule has 3 aromatic carbocycles. The third-order valence-electron chi connectivity index (χ3n) is 7.39. The molecule has 1 N–H and O–H groups in total. The van der Waals surface area contributed by atoms with E-state index in [4.69, 9.17) is 0 Å². The van der Waals surface area contributed by atoms with Crippen LogP contribution < -0.4 is 5.32 Å². The zero-order chi connectivity index (χ0) is 24.2. The van der Waals surface area contributed by atoms with E-state index in [1.807, 2.05) is 90.5 Å². The van der Waals surface area contributed by atoms with Crippen LogP contribution in [-0.4, -0.2) is 33.7 Å². The van der Waals surface area contributed by atoms with Gasteiger partial charge in [-0.1, -0.05) is 72.8 Å². The molecular formula is C29H25N3O3. The molecule has 1 aromatic heterocycles. The molecule has 0 saturated carbocycles. The van der Waals surface area contributed by atoms with Gasteiger partial charge in [0.05, 0.1) is 17.8 Å². The number of para-hydroxylation sites is 1. The van der Waals surface area contributed by atoms with E-state index < -0.39 is 11.6 Å². The maximum atomic E-state index is 13.8. The van der Waals surface area contributed by atoms with Crippen LogP contribution >= 0.6 is 0 Å². The van der Waals surface area contributed by atoms with E-state index in [0.717, 1.165) is 51.0 Å². The average molecular weight is 464 g/mol. The van der Waals surface area contributed by atoms with Gasteiger partial charge in [0.15, 0.2) is 5.78 Å². The standard InChI is InChI=1S/C29H25N3O3/c1-31-23-16-8-6-14-21(23)25(26(31)20-11-3-2-4-12-20)24(33)18-32-27(34)29(30-28(32)35)17-9-13-19-10-5-7-15-22(19)29/h2-8,10-12,14-16H,9,13,17-18H2,1H3,(H,30,35). The normalized spacial score (nSPS) is 19.3. The lowest BCUT2D eigenvalue weighted by Crippen LogP contribution is -2.46. The molecule has 2 heterocycles. The molecule has 1 aliphatic carbocycles. The molecular weight excluding hydrogens is 438 g/mol. The number of aromatic nitrogens is 1. The smallest absolute Gasteiger partial charge is 0.325 e. The van der Waals surface area contributed by atoms with E-state index in [1.165, 1.54) is 0 Å². The summed E-state index contributed by atoms with van der Waals surface area (Å²) in [4.78, 5) is 41.8. The molecule has 1 spiro atoms. The third kappa shape index (κ3) is 3.13. The van der Waals surface area contributed by atoms with Crippen molar-refractivity contribution in [2.75, 3.05) is 6.54 Å². The number of carbonyl (C=O) groups is 3. The summed E-state index contributed by atoms with van der Waals surface area (Å²) in [6.45, 7) is -0.303. The van der Waals surface area contributed by atoms with Gasteiger partial charge >= 0.3 is 6.03 Å². The number of aryl methyl sites for hydroxylation is 2. The monoisotopic (exact) mass is 463 g/mol. The van der Waals surface area contributed by atoms with E-state index in [2.05, 4.69) is 5.32 Å². The first-order valence-corrected chi connectivity index (χ1v) is 11.9. The van der Waals surface area contributed by atoms with Crippen molar-refractivity contribution in [1.82, 2.24) is 14.8 Å². The Morgan fingerprint density at radius 2 is 1.66 bits per heavy atom. The van der Waals surface area contributed by atoms with Crippen molar-refractivity contribution < 1.29 is 14.4 Å². The number of amides is 3. The van der Waals surface area contributed by atoms with Gasteiger partial charge < -0.3 is 9.88 Å². The van der Waals surface area contributed by atoms with Crippen molar-refractivity contribution in [1.29, 1.82) is 0 Å². The molecule has 1 saturated heterocycles. The van der Waals surface area contributed by atoms with E-state index in [9.17, 15) is 14.4 Å². The molecule has 2 aliphatic rings. The van der Waals surface area contributed by atoms with Crippen molar-refractivity contribution in [2.45, 2.75) is 24.8 Å². The van der Waals surface area contributed by atoms with Gasteiger partial charge in [-0.05, 0) is 42.0 Å². The Balaban J connectivity index is 1.41.